The van der Waals surface area contributed by atoms with Crippen LogP contribution in [0.2, 0.25) is 0 Å². The molecule has 4 aromatic rings. The summed E-state index contributed by atoms with van der Waals surface area (Å²) in [5.41, 5.74) is 3.72. The van der Waals surface area contributed by atoms with Gasteiger partial charge in [-0.2, -0.15) is 0 Å². The summed E-state index contributed by atoms with van der Waals surface area (Å²) in [6, 6.07) is 14.5. The van der Waals surface area contributed by atoms with Crippen LogP contribution in [-0.4, -0.2) is 51.4 Å². The van der Waals surface area contributed by atoms with Crippen LogP contribution in [0.3, 0.4) is 0 Å². The highest BCUT2D eigenvalue weighted by molar-refractivity contribution is 6.03. The molecule has 1 aliphatic heterocycles. The number of carbonyl (C=O) groups is 2. The van der Waals surface area contributed by atoms with Crippen LogP contribution >= 0.6 is 0 Å². The van der Waals surface area contributed by atoms with E-state index in [0.717, 1.165) is 29.1 Å². The van der Waals surface area contributed by atoms with Crippen LogP contribution in [0.15, 0.2) is 73.7 Å². The van der Waals surface area contributed by atoms with Gasteiger partial charge in [0.2, 0.25) is 11.8 Å². The molecule has 0 bridgehead atoms. The van der Waals surface area contributed by atoms with Crippen LogP contribution in [-0.2, 0) is 16.2 Å². The molecule has 3 heterocycles. The van der Waals surface area contributed by atoms with Crippen molar-refractivity contribution in [3.8, 4) is 11.5 Å². The number of nitrogens with zero attached hydrogens (tertiary/aromatic N) is 4. The van der Waals surface area contributed by atoms with Gasteiger partial charge in [0.1, 0.15) is 36.3 Å². The van der Waals surface area contributed by atoms with Crippen molar-refractivity contribution in [2.24, 2.45) is 0 Å². The van der Waals surface area contributed by atoms with E-state index >= 15 is 0 Å². The van der Waals surface area contributed by atoms with Gasteiger partial charge in [0.15, 0.2) is 0 Å². The predicted octanol–water partition coefficient (Wildman–Crippen LogP) is 4.78. The molecule has 2 amide bonds. The fourth-order valence-electron chi connectivity index (χ4n) is 4.75. The second-order valence-corrected chi connectivity index (χ2v) is 9.39. The molecule has 204 valence electrons. The average Bonchev–Trinajstić information content (AvgIpc) is 3.47. The largest absolute Gasteiger partial charge is 0.494 e. The summed E-state index contributed by atoms with van der Waals surface area (Å²) in [4.78, 5) is 40.1. The Morgan fingerprint density at radius 2 is 2.00 bits per heavy atom. The maximum absolute atomic E-state index is 13.2. The van der Waals surface area contributed by atoms with E-state index < -0.39 is 6.04 Å². The number of aromatic nitrogens is 3. The molecular weight excluding hydrogens is 508 g/mol. The highest BCUT2D eigenvalue weighted by atomic mass is 16.5. The van der Waals surface area contributed by atoms with Gasteiger partial charge in [-0.05, 0) is 67.8 Å². The zero-order valence-electron chi connectivity index (χ0n) is 22.4. The molecule has 0 unspecified atom stereocenters. The minimum atomic E-state index is -0.572. The summed E-state index contributed by atoms with van der Waals surface area (Å²) in [6.07, 6.45) is 5.78. The molecular formula is C30H30N6O4. The minimum Gasteiger partial charge on any atom is -0.494 e. The van der Waals surface area contributed by atoms with Crippen molar-refractivity contribution < 1.29 is 19.1 Å². The Morgan fingerprint density at radius 3 is 2.75 bits per heavy atom. The van der Waals surface area contributed by atoms with Gasteiger partial charge in [0.05, 0.1) is 24.0 Å². The summed E-state index contributed by atoms with van der Waals surface area (Å²) < 4.78 is 11.5. The van der Waals surface area contributed by atoms with E-state index in [1.165, 1.54) is 24.4 Å². The Balaban J connectivity index is 1.37. The van der Waals surface area contributed by atoms with E-state index in [0.29, 0.717) is 47.7 Å². The summed E-state index contributed by atoms with van der Waals surface area (Å²) in [7, 11) is 1.53. The number of methoxy groups -OCH3 is 1. The number of pyridine rings is 1. The third-order valence-corrected chi connectivity index (χ3v) is 6.77. The van der Waals surface area contributed by atoms with E-state index in [1.54, 1.807) is 18.3 Å². The first kappa shape index (κ1) is 26.6. The smallest absolute Gasteiger partial charge is 0.247 e. The van der Waals surface area contributed by atoms with Crippen molar-refractivity contribution in [2.45, 2.75) is 32.4 Å². The molecule has 2 aromatic carbocycles. The minimum absolute atomic E-state index is 0.258. The number of fused-ring (bicyclic) bond motifs is 1. The lowest BCUT2D eigenvalue weighted by Gasteiger charge is -2.23. The molecule has 5 rings (SSSR count). The number of nitrogens with one attached hydrogen (secondary N) is 2. The summed E-state index contributed by atoms with van der Waals surface area (Å²) in [6.45, 7) is 6.41. The van der Waals surface area contributed by atoms with Crippen LogP contribution in [0, 0.1) is 6.92 Å². The number of ether oxygens (including phenoxy) is 2. The normalized spacial score (nSPS) is 14.6. The Bertz CT molecular complexity index is 1560. The second kappa shape index (κ2) is 11.8. The number of likely N-dealkylation sites (tertiary alicyclic amines) is 1. The van der Waals surface area contributed by atoms with Gasteiger partial charge in [-0.3, -0.25) is 14.6 Å². The Kier molecular flexibility index (Phi) is 7.86. The SMILES string of the molecule is C=CC(=O)N1CCC[C@H]1C(=O)Nc1cc2c(Nc3ccc(OCc4ccccn4)c(C)c3)ncnc2cc1OC. The Labute approximate surface area is 232 Å². The maximum atomic E-state index is 13.2. The quantitative estimate of drug-likeness (QED) is 0.292. The number of amides is 2. The zero-order chi connectivity index (χ0) is 28.1. The number of carbonyl (C=O) groups excluding carboxylic acids is 2. The number of hydrogen-bond donors (Lipinski definition) is 2. The molecule has 1 aliphatic rings. The Hall–Kier alpha value is -4.99. The third kappa shape index (κ3) is 5.70. The van der Waals surface area contributed by atoms with E-state index in [1.807, 2.05) is 43.3 Å². The standard InChI is InChI=1S/C30H30N6O4/c1-4-28(37)36-13-7-9-25(36)30(38)35-24-15-22-23(16-27(24)39-3)32-18-33-29(22)34-20-10-11-26(19(2)14-20)40-17-21-8-5-6-12-31-21/h4-6,8,10-12,14-16,18,25H,1,7,9,13,17H2,2-3H3,(H,35,38)(H,32,33,34)/t25-/m0/s1. The van der Waals surface area contributed by atoms with Gasteiger partial charge < -0.3 is 25.0 Å². The van der Waals surface area contributed by atoms with Gasteiger partial charge in [0, 0.05) is 29.9 Å². The highest BCUT2D eigenvalue weighted by Crippen LogP contribution is 2.34. The lowest BCUT2D eigenvalue weighted by Crippen LogP contribution is -2.42. The molecule has 1 atom stereocenters. The van der Waals surface area contributed by atoms with Crippen molar-refractivity contribution in [1.29, 1.82) is 0 Å². The average molecular weight is 539 g/mol. The van der Waals surface area contributed by atoms with Crippen molar-refractivity contribution in [1.82, 2.24) is 19.9 Å². The van der Waals surface area contributed by atoms with Gasteiger partial charge in [-0.25, -0.2) is 9.97 Å². The summed E-state index contributed by atoms with van der Waals surface area (Å²) in [5.74, 6) is 1.24. The van der Waals surface area contributed by atoms with Gasteiger partial charge in [-0.15, -0.1) is 0 Å². The molecule has 2 aromatic heterocycles. The number of rotatable bonds is 9. The molecule has 10 nitrogen and oxygen atoms in total. The molecule has 0 radical (unpaired) electrons. The first-order valence-electron chi connectivity index (χ1n) is 12.9. The van der Waals surface area contributed by atoms with Crippen molar-refractivity contribution >= 4 is 39.9 Å². The summed E-state index contributed by atoms with van der Waals surface area (Å²) in [5, 5.41) is 6.99. The molecule has 1 saturated heterocycles. The zero-order valence-corrected chi connectivity index (χ0v) is 22.4. The lowest BCUT2D eigenvalue weighted by atomic mass is 10.1. The molecule has 0 aliphatic carbocycles. The van der Waals surface area contributed by atoms with Crippen molar-refractivity contribution in [3.05, 3.63) is 85.0 Å². The first-order chi connectivity index (χ1) is 19.5. The van der Waals surface area contributed by atoms with Gasteiger partial charge in [-0.1, -0.05) is 12.6 Å². The monoisotopic (exact) mass is 538 g/mol. The van der Waals surface area contributed by atoms with E-state index in [2.05, 4.69) is 32.2 Å². The van der Waals surface area contributed by atoms with Crippen LogP contribution in [0.1, 0.15) is 24.1 Å². The predicted molar refractivity (Wildman–Crippen MR) is 153 cm³/mol. The maximum Gasteiger partial charge on any atom is 0.247 e. The molecule has 2 N–H and O–H groups in total. The van der Waals surface area contributed by atoms with Gasteiger partial charge in [0.25, 0.3) is 0 Å². The van der Waals surface area contributed by atoms with Crippen LogP contribution in [0.4, 0.5) is 17.2 Å². The number of aryl methyl sites for hydroxylation is 1. The van der Waals surface area contributed by atoms with Crippen LogP contribution in [0.5, 0.6) is 11.5 Å². The number of hydrogen-bond acceptors (Lipinski definition) is 8. The van der Waals surface area contributed by atoms with E-state index in [-0.39, 0.29) is 11.8 Å². The molecule has 10 heteroatoms. The summed E-state index contributed by atoms with van der Waals surface area (Å²) >= 11 is 0. The molecule has 0 saturated carbocycles. The van der Waals surface area contributed by atoms with Gasteiger partial charge >= 0.3 is 0 Å². The van der Waals surface area contributed by atoms with Crippen LogP contribution < -0.4 is 20.1 Å². The second-order valence-electron chi connectivity index (χ2n) is 9.39. The molecule has 40 heavy (non-hydrogen) atoms. The topological polar surface area (TPSA) is 119 Å². The number of benzene rings is 2. The van der Waals surface area contributed by atoms with Crippen LogP contribution in [0.25, 0.3) is 10.9 Å². The molecule has 0 spiro atoms. The fraction of sp³-hybridized carbons (Fsp3) is 0.233. The van der Waals surface area contributed by atoms with E-state index in [9.17, 15) is 9.59 Å². The number of anilines is 3. The van der Waals surface area contributed by atoms with Crippen molar-refractivity contribution in [2.75, 3.05) is 24.3 Å². The first-order valence-corrected chi connectivity index (χ1v) is 12.9. The Morgan fingerprint density at radius 1 is 1.12 bits per heavy atom. The van der Waals surface area contributed by atoms with E-state index in [4.69, 9.17) is 9.47 Å². The highest BCUT2D eigenvalue weighted by Gasteiger charge is 2.33. The fourth-order valence-corrected chi connectivity index (χ4v) is 4.75. The molecule has 1 fully saturated rings. The van der Waals surface area contributed by atoms with Crippen molar-refractivity contribution in [3.63, 3.8) is 0 Å². The third-order valence-electron chi connectivity index (χ3n) is 6.77. The lowest BCUT2D eigenvalue weighted by molar-refractivity contribution is -0.132.